The van der Waals surface area contributed by atoms with Crippen molar-refractivity contribution in [3.63, 3.8) is 0 Å². The molecule has 0 radical (unpaired) electrons. The number of carboxylic acid groups (broad SMARTS) is 1. The Morgan fingerprint density at radius 1 is 1.40 bits per heavy atom. The van der Waals surface area contributed by atoms with Gasteiger partial charge in [-0.25, -0.2) is 18.4 Å². The number of carbonyl (C=O) groups is 1. The van der Waals surface area contributed by atoms with Crippen molar-refractivity contribution >= 4 is 21.7 Å². The minimum absolute atomic E-state index is 0.190. The number of aromatic nitrogens is 3. The number of aryl methyl sites for hydroxylation is 1. The Kier molecular flexibility index (Phi) is 3.70. The molecular weight excluding hydrogens is 284 g/mol. The maximum Gasteiger partial charge on any atom is 0.320 e. The lowest BCUT2D eigenvalue weighted by Crippen LogP contribution is -2.23. The molecule has 8 nitrogen and oxygen atoms in total. The molecule has 0 bridgehead atoms. The van der Waals surface area contributed by atoms with E-state index in [4.69, 9.17) is 5.11 Å². The molecule has 0 saturated heterocycles. The van der Waals surface area contributed by atoms with E-state index in [0.717, 1.165) is 0 Å². The fourth-order valence-electron chi connectivity index (χ4n) is 1.64. The smallest absolute Gasteiger partial charge is 0.320 e. The van der Waals surface area contributed by atoms with Gasteiger partial charge in [0.2, 0.25) is 10.0 Å². The highest BCUT2D eigenvalue weighted by Gasteiger charge is 2.18. The first kappa shape index (κ1) is 14.0. The van der Waals surface area contributed by atoms with Crippen LogP contribution in [0.5, 0.6) is 0 Å². The number of anilines is 1. The predicted octanol–water partition coefficient (Wildman–Crippen LogP) is 0.402. The Labute approximate surface area is 115 Å². The number of pyridine rings is 1. The maximum absolute atomic E-state index is 11.7. The maximum atomic E-state index is 11.7. The van der Waals surface area contributed by atoms with Crippen LogP contribution in [0.4, 0.5) is 5.69 Å². The van der Waals surface area contributed by atoms with Gasteiger partial charge in [-0.05, 0) is 19.1 Å². The number of sulfonamides is 1. The van der Waals surface area contributed by atoms with E-state index in [1.807, 2.05) is 0 Å². The summed E-state index contributed by atoms with van der Waals surface area (Å²) in [5.41, 5.74) is 0.190. The first-order chi connectivity index (χ1) is 9.39. The first-order valence-corrected chi connectivity index (χ1v) is 7.22. The van der Waals surface area contributed by atoms with Gasteiger partial charge in [-0.15, -0.1) is 0 Å². The average Bonchev–Trinajstić information content (AvgIpc) is 2.73. The number of rotatable bonds is 5. The molecule has 2 heterocycles. The van der Waals surface area contributed by atoms with Crippen molar-refractivity contribution in [2.24, 2.45) is 0 Å². The largest absolute Gasteiger partial charge is 0.480 e. The molecule has 106 valence electrons. The normalized spacial score (nSPS) is 11.2. The summed E-state index contributed by atoms with van der Waals surface area (Å²) in [6, 6.07) is 3.05. The molecule has 0 atom stereocenters. The van der Waals surface area contributed by atoms with Crippen molar-refractivity contribution in [3.05, 3.63) is 36.5 Å². The van der Waals surface area contributed by atoms with E-state index in [1.54, 1.807) is 30.0 Å². The number of imidazole rings is 1. The molecule has 9 heteroatoms. The van der Waals surface area contributed by atoms with E-state index in [0.29, 0.717) is 11.6 Å². The summed E-state index contributed by atoms with van der Waals surface area (Å²) >= 11 is 0. The summed E-state index contributed by atoms with van der Waals surface area (Å²) < 4.78 is 27.2. The average molecular weight is 296 g/mol. The number of nitrogens with one attached hydrogen (secondary N) is 1. The fraction of sp³-hybridized carbons (Fsp3) is 0.182. The lowest BCUT2D eigenvalue weighted by molar-refractivity contribution is -0.134. The molecule has 0 fully saturated rings. The molecule has 0 saturated carbocycles. The summed E-state index contributed by atoms with van der Waals surface area (Å²) in [5, 5.41) is 8.57. The third-order valence-electron chi connectivity index (χ3n) is 2.42. The van der Waals surface area contributed by atoms with Crippen LogP contribution >= 0.6 is 0 Å². The third-order valence-corrected chi connectivity index (χ3v) is 3.58. The number of carboxylic acids is 1. The molecule has 2 aromatic rings. The second-order valence-electron chi connectivity index (χ2n) is 3.97. The van der Waals surface area contributed by atoms with Crippen molar-refractivity contribution in [1.29, 1.82) is 0 Å². The number of hydrogen-bond donors (Lipinski definition) is 2. The molecule has 2 N–H and O–H groups in total. The van der Waals surface area contributed by atoms with Crippen LogP contribution in [-0.4, -0.2) is 39.8 Å². The first-order valence-electron chi connectivity index (χ1n) is 5.57. The molecular formula is C11H12N4O4S. The minimum atomic E-state index is -3.98. The van der Waals surface area contributed by atoms with Gasteiger partial charge in [-0.3, -0.25) is 14.1 Å². The minimum Gasteiger partial charge on any atom is -0.480 e. The van der Waals surface area contributed by atoms with Gasteiger partial charge in [0.05, 0.1) is 5.69 Å². The van der Waals surface area contributed by atoms with Crippen LogP contribution in [0.25, 0.3) is 5.82 Å². The zero-order valence-electron chi connectivity index (χ0n) is 10.5. The lowest BCUT2D eigenvalue weighted by Gasteiger charge is -2.12. The van der Waals surface area contributed by atoms with Gasteiger partial charge in [0.25, 0.3) is 0 Å². The van der Waals surface area contributed by atoms with Crippen molar-refractivity contribution in [3.8, 4) is 5.82 Å². The topological polar surface area (TPSA) is 114 Å². The number of aliphatic carboxylic acids is 1. The zero-order valence-corrected chi connectivity index (χ0v) is 11.3. The fourth-order valence-corrected chi connectivity index (χ4v) is 2.53. The molecule has 0 aliphatic rings. The van der Waals surface area contributed by atoms with E-state index in [9.17, 15) is 13.2 Å². The van der Waals surface area contributed by atoms with Crippen molar-refractivity contribution < 1.29 is 18.3 Å². The van der Waals surface area contributed by atoms with Crippen LogP contribution in [-0.2, 0) is 14.8 Å². The van der Waals surface area contributed by atoms with Gasteiger partial charge in [-0.2, -0.15) is 0 Å². The molecule has 2 aromatic heterocycles. The molecule has 0 aromatic carbocycles. The van der Waals surface area contributed by atoms with Crippen molar-refractivity contribution in [2.75, 3.05) is 10.5 Å². The van der Waals surface area contributed by atoms with Crippen molar-refractivity contribution in [2.45, 2.75) is 6.92 Å². The summed E-state index contributed by atoms with van der Waals surface area (Å²) in [6.07, 6.45) is 4.69. The predicted molar refractivity (Wildman–Crippen MR) is 71.1 cm³/mol. The number of hydrogen-bond acceptors (Lipinski definition) is 5. The monoisotopic (exact) mass is 296 g/mol. The molecule has 20 heavy (non-hydrogen) atoms. The van der Waals surface area contributed by atoms with Crippen LogP contribution in [0, 0.1) is 6.92 Å². The Morgan fingerprint density at radius 2 is 2.15 bits per heavy atom. The highest BCUT2D eigenvalue weighted by molar-refractivity contribution is 7.93. The second-order valence-corrected chi connectivity index (χ2v) is 5.70. The summed E-state index contributed by atoms with van der Waals surface area (Å²) in [5.74, 6) is -1.48. The Morgan fingerprint density at radius 3 is 2.75 bits per heavy atom. The molecule has 0 amide bonds. The van der Waals surface area contributed by atoms with Gasteiger partial charge in [0.15, 0.2) is 11.6 Å². The standard InChI is InChI=1S/C11H12N4O4S/c1-8-12-5-6-15(8)11-9(3-2-4-13-11)14-20(18,19)7-10(16)17/h2-6,14H,7H2,1H3,(H,16,17). The van der Waals surface area contributed by atoms with Crippen LogP contribution in [0.3, 0.4) is 0 Å². The third kappa shape index (κ3) is 3.12. The Hall–Kier alpha value is -2.42. The van der Waals surface area contributed by atoms with E-state index in [2.05, 4.69) is 14.7 Å². The van der Waals surface area contributed by atoms with Gasteiger partial charge >= 0.3 is 5.97 Å². The van der Waals surface area contributed by atoms with Crippen LogP contribution < -0.4 is 4.72 Å². The van der Waals surface area contributed by atoms with E-state index < -0.39 is 21.7 Å². The van der Waals surface area contributed by atoms with Crippen LogP contribution in [0.2, 0.25) is 0 Å². The summed E-state index contributed by atoms with van der Waals surface area (Å²) in [7, 11) is -3.98. The highest BCUT2D eigenvalue weighted by atomic mass is 32.2. The summed E-state index contributed by atoms with van der Waals surface area (Å²) in [6.45, 7) is 1.74. The van der Waals surface area contributed by atoms with Gasteiger partial charge < -0.3 is 5.11 Å². The van der Waals surface area contributed by atoms with Crippen molar-refractivity contribution in [1.82, 2.24) is 14.5 Å². The van der Waals surface area contributed by atoms with E-state index in [-0.39, 0.29) is 5.69 Å². The highest BCUT2D eigenvalue weighted by Crippen LogP contribution is 2.19. The zero-order chi connectivity index (χ0) is 14.8. The molecule has 0 aliphatic heterocycles. The van der Waals surface area contributed by atoms with Crippen LogP contribution in [0.15, 0.2) is 30.7 Å². The Balaban J connectivity index is 2.40. The van der Waals surface area contributed by atoms with Gasteiger partial charge in [0.1, 0.15) is 5.82 Å². The van der Waals surface area contributed by atoms with Gasteiger partial charge in [0, 0.05) is 18.6 Å². The molecule has 0 aliphatic carbocycles. The quantitative estimate of drug-likeness (QED) is 0.825. The number of nitrogens with zero attached hydrogens (tertiary/aromatic N) is 3. The molecule has 2 rings (SSSR count). The van der Waals surface area contributed by atoms with Crippen LogP contribution in [0.1, 0.15) is 5.82 Å². The van der Waals surface area contributed by atoms with E-state index in [1.165, 1.54) is 12.3 Å². The SMILES string of the molecule is Cc1nccn1-c1ncccc1NS(=O)(=O)CC(=O)O. The second kappa shape index (κ2) is 5.29. The van der Waals surface area contributed by atoms with E-state index >= 15 is 0 Å². The lowest BCUT2D eigenvalue weighted by atomic mass is 10.4. The van der Waals surface area contributed by atoms with Gasteiger partial charge in [-0.1, -0.05) is 0 Å². The Bertz CT molecular complexity index is 738. The summed E-state index contributed by atoms with van der Waals surface area (Å²) in [4.78, 5) is 18.6. The molecule has 0 unspecified atom stereocenters. The molecule has 0 spiro atoms.